The highest BCUT2D eigenvalue weighted by Crippen LogP contribution is 2.21. The second kappa shape index (κ2) is 6.69. The molecule has 116 valence electrons. The fraction of sp³-hybridized carbons (Fsp3) is 0.125. The molecule has 0 aliphatic carbocycles. The molecule has 1 aromatic carbocycles. The summed E-state index contributed by atoms with van der Waals surface area (Å²) >= 11 is 0. The number of carbonyl (C=O) groups is 1. The zero-order chi connectivity index (χ0) is 16.1. The van der Waals surface area contributed by atoms with E-state index in [1.54, 1.807) is 23.0 Å². The standard InChI is InChI=1S/C16H16N6O/c1-22-11-13(15(21-22)12-6-3-2-4-7-12)10-17-16(23)19-14-8-5-9-18-20-14/h2-9,11H,10H2,1H3,(H2,17,19,20,23). The second-order valence-electron chi connectivity index (χ2n) is 4.96. The van der Waals surface area contributed by atoms with Crippen LogP contribution in [0.2, 0.25) is 0 Å². The van der Waals surface area contributed by atoms with Crippen molar-refractivity contribution in [1.82, 2.24) is 25.3 Å². The van der Waals surface area contributed by atoms with Crippen LogP contribution in [0.5, 0.6) is 0 Å². The van der Waals surface area contributed by atoms with Crippen LogP contribution in [0.25, 0.3) is 11.3 Å². The monoisotopic (exact) mass is 308 g/mol. The Morgan fingerprint density at radius 1 is 1.17 bits per heavy atom. The number of benzene rings is 1. The van der Waals surface area contributed by atoms with E-state index in [0.717, 1.165) is 16.8 Å². The topological polar surface area (TPSA) is 84.7 Å². The summed E-state index contributed by atoms with van der Waals surface area (Å²) < 4.78 is 1.74. The molecule has 2 aromatic heterocycles. The summed E-state index contributed by atoms with van der Waals surface area (Å²) in [6.45, 7) is 0.365. The fourth-order valence-electron chi connectivity index (χ4n) is 2.21. The lowest BCUT2D eigenvalue weighted by Crippen LogP contribution is -2.28. The minimum Gasteiger partial charge on any atom is -0.334 e. The number of nitrogens with one attached hydrogen (secondary N) is 2. The van der Waals surface area contributed by atoms with Gasteiger partial charge >= 0.3 is 6.03 Å². The van der Waals surface area contributed by atoms with Crippen molar-refractivity contribution in [2.24, 2.45) is 7.05 Å². The van der Waals surface area contributed by atoms with Gasteiger partial charge in [0.15, 0.2) is 5.82 Å². The van der Waals surface area contributed by atoms with Gasteiger partial charge in [0.05, 0.1) is 5.69 Å². The quantitative estimate of drug-likeness (QED) is 0.774. The molecule has 7 heteroatoms. The molecule has 3 rings (SSSR count). The number of aromatic nitrogens is 4. The van der Waals surface area contributed by atoms with E-state index in [0.29, 0.717) is 12.4 Å². The van der Waals surface area contributed by atoms with E-state index in [1.165, 1.54) is 0 Å². The minimum absolute atomic E-state index is 0.339. The number of hydrogen-bond acceptors (Lipinski definition) is 4. The lowest BCUT2D eigenvalue weighted by atomic mass is 10.1. The second-order valence-corrected chi connectivity index (χ2v) is 4.96. The number of rotatable bonds is 4. The lowest BCUT2D eigenvalue weighted by molar-refractivity contribution is 0.251. The van der Waals surface area contributed by atoms with Crippen molar-refractivity contribution >= 4 is 11.8 Å². The highest BCUT2D eigenvalue weighted by atomic mass is 16.2. The SMILES string of the molecule is Cn1cc(CNC(=O)Nc2cccnn2)c(-c2ccccc2)n1. The normalized spacial score (nSPS) is 10.3. The number of hydrogen-bond donors (Lipinski definition) is 2. The minimum atomic E-state index is -0.339. The molecule has 23 heavy (non-hydrogen) atoms. The van der Waals surface area contributed by atoms with Crippen molar-refractivity contribution in [1.29, 1.82) is 0 Å². The van der Waals surface area contributed by atoms with Crippen molar-refractivity contribution < 1.29 is 4.79 Å². The van der Waals surface area contributed by atoms with Crippen LogP contribution in [0.4, 0.5) is 10.6 Å². The first-order valence-corrected chi connectivity index (χ1v) is 7.13. The average molecular weight is 308 g/mol. The molecule has 0 atom stereocenters. The maximum Gasteiger partial charge on any atom is 0.320 e. The Hall–Kier alpha value is -3.22. The van der Waals surface area contributed by atoms with E-state index in [4.69, 9.17) is 0 Å². The molecule has 2 N–H and O–H groups in total. The van der Waals surface area contributed by atoms with Crippen molar-refractivity contribution in [3.8, 4) is 11.3 Å². The molecular formula is C16H16N6O. The van der Waals surface area contributed by atoms with E-state index in [1.807, 2.05) is 43.6 Å². The Bertz CT molecular complexity index is 785. The number of carbonyl (C=O) groups excluding carboxylic acids is 1. The summed E-state index contributed by atoms with van der Waals surface area (Å²) in [7, 11) is 1.86. The molecule has 0 saturated heterocycles. The van der Waals surface area contributed by atoms with Gasteiger partial charge in [0, 0.05) is 37.1 Å². The Balaban J connectivity index is 1.68. The maximum absolute atomic E-state index is 11.9. The van der Waals surface area contributed by atoms with Gasteiger partial charge in [-0.1, -0.05) is 30.3 Å². The lowest BCUT2D eigenvalue weighted by Gasteiger charge is -2.06. The number of nitrogens with zero attached hydrogens (tertiary/aromatic N) is 4. The third kappa shape index (κ3) is 3.70. The van der Waals surface area contributed by atoms with Gasteiger partial charge in [-0.25, -0.2) is 4.79 Å². The molecule has 2 heterocycles. The number of anilines is 1. The van der Waals surface area contributed by atoms with Crippen LogP contribution in [0.3, 0.4) is 0 Å². The van der Waals surface area contributed by atoms with Crippen LogP contribution in [0.1, 0.15) is 5.56 Å². The van der Waals surface area contributed by atoms with Gasteiger partial charge < -0.3 is 5.32 Å². The van der Waals surface area contributed by atoms with Crippen molar-refractivity contribution in [3.05, 3.63) is 60.4 Å². The smallest absolute Gasteiger partial charge is 0.320 e. The van der Waals surface area contributed by atoms with Crippen LogP contribution in [-0.4, -0.2) is 26.0 Å². The molecular weight excluding hydrogens is 292 g/mol. The summed E-state index contributed by atoms with van der Waals surface area (Å²) in [6, 6.07) is 12.9. The summed E-state index contributed by atoms with van der Waals surface area (Å²) in [4.78, 5) is 11.9. The number of urea groups is 1. The summed E-state index contributed by atoms with van der Waals surface area (Å²) in [5, 5.41) is 17.4. The highest BCUT2D eigenvalue weighted by molar-refractivity contribution is 5.88. The van der Waals surface area contributed by atoms with E-state index in [9.17, 15) is 4.79 Å². The van der Waals surface area contributed by atoms with Gasteiger partial charge in [-0.05, 0) is 12.1 Å². The van der Waals surface area contributed by atoms with E-state index in [-0.39, 0.29) is 6.03 Å². The molecule has 2 amide bonds. The van der Waals surface area contributed by atoms with Gasteiger partial charge in [0.2, 0.25) is 0 Å². The Morgan fingerprint density at radius 2 is 2.00 bits per heavy atom. The van der Waals surface area contributed by atoms with E-state index < -0.39 is 0 Å². The predicted octanol–water partition coefficient (Wildman–Crippen LogP) is 2.20. The van der Waals surface area contributed by atoms with Gasteiger partial charge in [-0.3, -0.25) is 10.00 Å². The Morgan fingerprint density at radius 3 is 2.74 bits per heavy atom. The van der Waals surface area contributed by atoms with Crippen molar-refractivity contribution in [2.75, 3.05) is 5.32 Å². The molecule has 0 aliphatic rings. The third-order valence-electron chi connectivity index (χ3n) is 3.21. The molecule has 0 radical (unpaired) electrons. The number of amides is 2. The average Bonchev–Trinajstić information content (AvgIpc) is 2.96. The summed E-state index contributed by atoms with van der Waals surface area (Å²) in [5.41, 5.74) is 2.81. The first kappa shape index (κ1) is 14.7. The molecule has 7 nitrogen and oxygen atoms in total. The molecule has 0 fully saturated rings. The fourth-order valence-corrected chi connectivity index (χ4v) is 2.21. The highest BCUT2D eigenvalue weighted by Gasteiger charge is 2.11. The van der Waals surface area contributed by atoms with Crippen molar-refractivity contribution in [2.45, 2.75) is 6.54 Å². The third-order valence-corrected chi connectivity index (χ3v) is 3.21. The van der Waals surface area contributed by atoms with Crippen LogP contribution in [-0.2, 0) is 13.6 Å². The van der Waals surface area contributed by atoms with Crippen LogP contribution < -0.4 is 10.6 Å². The van der Waals surface area contributed by atoms with Crippen LogP contribution >= 0.6 is 0 Å². The van der Waals surface area contributed by atoms with Crippen LogP contribution in [0.15, 0.2) is 54.9 Å². The van der Waals surface area contributed by atoms with Gasteiger partial charge in [0.1, 0.15) is 0 Å². The van der Waals surface area contributed by atoms with Gasteiger partial charge in [-0.2, -0.15) is 10.2 Å². The van der Waals surface area contributed by atoms with Gasteiger partial charge in [0.25, 0.3) is 0 Å². The molecule has 0 spiro atoms. The van der Waals surface area contributed by atoms with Crippen molar-refractivity contribution in [3.63, 3.8) is 0 Å². The zero-order valence-electron chi connectivity index (χ0n) is 12.6. The van der Waals surface area contributed by atoms with Gasteiger partial charge in [-0.15, -0.1) is 5.10 Å². The Labute approximate surface area is 133 Å². The predicted molar refractivity (Wildman–Crippen MR) is 86.5 cm³/mol. The molecule has 0 bridgehead atoms. The summed E-state index contributed by atoms with van der Waals surface area (Å²) in [5.74, 6) is 0.402. The zero-order valence-corrected chi connectivity index (χ0v) is 12.6. The maximum atomic E-state index is 11.9. The first-order chi connectivity index (χ1) is 11.2. The Kier molecular flexibility index (Phi) is 4.28. The van der Waals surface area contributed by atoms with Crippen LogP contribution in [0, 0.1) is 0 Å². The largest absolute Gasteiger partial charge is 0.334 e. The van der Waals surface area contributed by atoms with E-state index >= 15 is 0 Å². The summed E-state index contributed by atoms with van der Waals surface area (Å²) in [6.07, 6.45) is 3.44. The molecule has 0 unspecified atom stereocenters. The molecule has 0 aliphatic heterocycles. The molecule has 0 saturated carbocycles. The molecule has 3 aromatic rings. The first-order valence-electron chi connectivity index (χ1n) is 7.13. The number of aryl methyl sites for hydroxylation is 1. The van der Waals surface area contributed by atoms with E-state index in [2.05, 4.69) is 25.9 Å².